The summed E-state index contributed by atoms with van der Waals surface area (Å²) < 4.78 is 1.82. The summed E-state index contributed by atoms with van der Waals surface area (Å²) >= 11 is 0. The van der Waals surface area contributed by atoms with Crippen molar-refractivity contribution in [3.8, 4) is 6.07 Å². The summed E-state index contributed by atoms with van der Waals surface area (Å²) in [6, 6.07) is 2.36. The molecular formula is C9H14N4. The molecular weight excluding hydrogens is 164 g/mol. The van der Waals surface area contributed by atoms with E-state index in [1.54, 1.807) is 0 Å². The number of nitriles is 1. The van der Waals surface area contributed by atoms with Crippen molar-refractivity contribution in [2.75, 3.05) is 5.73 Å². The maximum atomic E-state index is 8.42. The van der Waals surface area contributed by atoms with Gasteiger partial charge < -0.3 is 5.73 Å². The maximum absolute atomic E-state index is 8.42. The normalized spacial score (nSPS) is 12.4. The first-order chi connectivity index (χ1) is 6.15. The second-order valence-electron chi connectivity index (χ2n) is 3.22. The summed E-state index contributed by atoms with van der Waals surface area (Å²) in [5.74, 6) is 0.573. The fourth-order valence-corrected chi connectivity index (χ4v) is 1.13. The predicted molar refractivity (Wildman–Crippen MR) is 50.9 cm³/mol. The summed E-state index contributed by atoms with van der Waals surface area (Å²) in [7, 11) is 0. The molecule has 0 radical (unpaired) electrons. The van der Waals surface area contributed by atoms with Gasteiger partial charge in [-0.25, -0.2) is 0 Å². The summed E-state index contributed by atoms with van der Waals surface area (Å²) in [6.07, 6.45) is 3.29. The zero-order valence-corrected chi connectivity index (χ0v) is 7.99. The fourth-order valence-electron chi connectivity index (χ4n) is 1.13. The van der Waals surface area contributed by atoms with E-state index in [-0.39, 0.29) is 6.04 Å². The van der Waals surface area contributed by atoms with Crippen LogP contribution in [-0.2, 0) is 0 Å². The van der Waals surface area contributed by atoms with E-state index < -0.39 is 0 Å². The number of nitrogen functional groups attached to an aromatic ring is 1. The van der Waals surface area contributed by atoms with Gasteiger partial charge in [-0.3, -0.25) is 4.68 Å². The van der Waals surface area contributed by atoms with Gasteiger partial charge in [0, 0.05) is 18.2 Å². The molecule has 2 N–H and O–H groups in total. The Bertz CT molecular complexity index is 301. The molecule has 0 aliphatic carbocycles. The lowest BCUT2D eigenvalue weighted by molar-refractivity contribution is 0.466. The Morgan fingerprint density at radius 3 is 2.92 bits per heavy atom. The summed E-state index contributed by atoms with van der Waals surface area (Å²) in [4.78, 5) is 0. The van der Waals surface area contributed by atoms with Gasteiger partial charge >= 0.3 is 0 Å². The molecule has 0 amide bonds. The third kappa shape index (κ3) is 2.22. The van der Waals surface area contributed by atoms with Gasteiger partial charge in [-0.1, -0.05) is 0 Å². The first-order valence-corrected chi connectivity index (χ1v) is 4.33. The number of aryl methyl sites for hydroxylation is 1. The Balaban J connectivity index is 2.67. The fraction of sp³-hybridized carbons (Fsp3) is 0.556. The number of nitrogens with zero attached hydrogens (tertiary/aromatic N) is 3. The Hall–Kier alpha value is -1.50. The average Bonchev–Trinajstić information content (AvgIpc) is 2.43. The third-order valence-electron chi connectivity index (χ3n) is 2.08. The standard InChI is InChI=1S/C9H14N4/c1-7-6-13(12-9(7)11)8(2)4-3-5-10/h6,8H,3-4H2,1-2H3,(H2,11,12). The molecule has 4 nitrogen and oxygen atoms in total. The molecule has 0 aliphatic heterocycles. The molecule has 1 rings (SSSR count). The van der Waals surface area contributed by atoms with E-state index in [0.29, 0.717) is 12.2 Å². The van der Waals surface area contributed by atoms with E-state index in [9.17, 15) is 0 Å². The van der Waals surface area contributed by atoms with Crippen molar-refractivity contribution in [2.45, 2.75) is 32.7 Å². The molecule has 0 saturated carbocycles. The lowest BCUT2D eigenvalue weighted by Gasteiger charge is -2.08. The Kier molecular flexibility index (Phi) is 2.91. The first-order valence-electron chi connectivity index (χ1n) is 4.33. The molecule has 1 unspecified atom stereocenters. The number of aromatic nitrogens is 2. The van der Waals surface area contributed by atoms with Crippen molar-refractivity contribution in [2.24, 2.45) is 0 Å². The van der Waals surface area contributed by atoms with Crippen molar-refractivity contribution in [1.29, 1.82) is 5.26 Å². The van der Waals surface area contributed by atoms with Gasteiger partial charge in [0.2, 0.25) is 0 Å². The molecule has 1 heterocycles. The number of nitrogens with two attached hydrogens (primary N) is 1. The van der Waals surface area contributed by atoms with Gasteiger partial charge in [-0.15, -0.1) is 0 Å². The Labute approximate surface area is 78.0 Å². The monoisotopic (exact) mass is 178 g/mol. The number of rotatable bonds is 3. The van der Waals surface area contributed by atoms with E-state index in [1.807, 2.05) is 24.7 Å². The lowest BCUT2D eigenvalue weighted by atomic mass is 10.2. The highest BCUT2D eigenvalue weighted by atomic mass is 15.3. The SMILES string of the molecule is Cc1cn(C(C)CCC#N)nc1N. The highest BCUT2D eigenvalue weighted by Gasteiger charge is 2.07. The minimum Gasteiger partial charge on any atom is -0.382 e. The average molecular weight is 178 g/mol. The van der Waals surface area contributed by atoms with Gasteiger partial charge in [0.25, 0.3) is 0 Å². The molecule has 0 bridgehead atoms. The van der Waals surface area contributed by atoms with Crippen LogP contribution in [0.3, 0.4) is 0 Å². The largest absolute Gasteiger partial charge is 0.382 e. The van der Waals surface area contributed by atoms with E-state index >= 15 is 0 Å². The van der Waals surface area contributed by atoms with Gasteiger partial charge in [-0.2, -0.15) is 10.4 Å². The lowest BCUT2D eigenvalue weighted by Crippen LogP contribution is -2.05. The second-order valence-corrected chi connectivity index (χ2v) is 3.22. The van der Waals surface area contributed by atoms with Crippen molar-refractivity contribution < 1.29 is 0 Å². The van der Waals surface area contributed by atoms with Crippen LogP contribution >= 0.6 is 0 Å². The van der Waals surface area contributed by atoms with Crippen LogP contribution in [0.5, 0.6) is 0 Å². The predicted octanol–water partition coefficient (Wildman–Crippen LogP) is 1.64. The van der Waals surface area contributed by atoms with Crippen LogP contribution in [0.25, 0.3) is 0 Å². The van der Waals surface area contributed by atoms with Crippen molar-refractivity contribution in [3.63, 3.8) is 0 Å². The minimum absolute atomic E-state index is 0.246. The minimum atomic E-state index is 0.246. The van der Waals surface area contributed by atoms with Crippen molar-refractivity contribution in [3.05, 3.63) is 11.8 Å². The molecule has 0 saturated heterocycles. The van der Waals surface area contributed by atoms with Gasteiger partial charge in [0.15, 0.2) is 0 Å². The van der Waals surface area contributed by atoms with Crippen molar-refractivity contribution >= 4 is 5.82 Å². The van der Waals surface area contributed by atoms with Crippen molar-refractivity contribution in [1.82, 2.24) is 9.78 Å². The number of hydrogen-bond acceptors (Lipinski definition) is 3. The van der Waals surface area contributed by atoms with E-state index in [0.717, 1.165) is 12.0 Å². The Morgan fingerprint density at radius 2 is 2.46 bits per heavy atom. The quantitative estimate of drug-likeness (QED) is 0.765. The first kappa shape index (κ1) is 9.59. The molecule has 4 heteroatoms. The molecule has 1 atom stereocenters. The zero-order valence-electron chi connectivity index (χ0n) is 7.99. The number of anilines is 1. The van der Waals surface area contributed by atoms with Gasteiger partial charge in [-0.05, 0) is 20.3 Å². The molecule has 1 aromatic rings. The molecule has 0 aromatic carbocycles. The van der Waals surface area contributed by atoms with E-state index in [4.69, 9.17) is 11.0 Å². The Morgan fingerprint density at radius 1 is 1.77 bits per heavy atom. The molecule has 0 spiro atoms. The summed E-state index contributed by atoms with van der Waals surface area (Å²) in [5.41, 5.74) is 6.60. The van der Waals surface area contributed by atoms with Gasteiger partial charge in [0.1, 0.15) is 5.82 Å². The highest BCUT2D eigenvalue weighted by molar-refractivity contribution is 5.35. The molecule has 0 fully saturated rings. The maximum Gasteiger partial charge on any atom is 0.148 e. The molecule has 70 valence electrons. The molecule has 13 heavy (non-hydrogen) atoms. The number of hydrogen-bond donors (Lipinski definition) is 1. The van der Waals surface area contributed by atoms with Gasteiger partial charge in [0.05, 0.1) is 12.1 Å². The van der Waals surface area contributed by atoms with Crippen LogP contribution in [0.2, 0.25) is 0 Å². The van der Waals surface area contributed by atoms with Crippen LogP contribution in [0.4, 0.5) is 5.82 Å². The van der Waals surface area contributed by atoms with Crippen LogP contribution < -0.4 is 5.73 Å². The van der Waals surface area contributed by atoms with E-state index in [1.165, 1.54) is 0 Å². The van der Waals surface area contributed by atoms with Crippen LogP contribution in [0.1, 0.15) is 31.4 Å². The van der Waals surface area contributed by atoms with Crippen LogP contribution in [-0.4, -0.2) is 9.78 Å². The topological polar surface area (TPSA) is 67.6 Å². The molecule has 0 aliphatic rings. The second kappa shape index (κ2) is 3.94. The summed E-state index contributed by atoms with van der Waals surface area (Å²) in [5, 5.41) is 12.6. The van der Waals surface area contributed by atoms with Crippen LogP contribution in [0, 0.1) is 18.3 Å². The van der Waals surface area contributed by atoms with E-state index in [2.05, 4.69) is 11.2 Å². The third-order valence-corrected chi connectivity index (χ3v) is 2.08. The zero-order chi connectivity index (χ0) is 9.84. The smallest absolute Gasteiger partial charge is 0.148 e. The highest BCUT2D eigenvalue weighted by Crippen LogP contribution is 2.15. The van der Waals surface area contributed by atoms with Crippen LogP contribution in [0.15, 0.2) is 6.20 Å². The summed E-state index contributed by atoms with van der Waals surface area (Å²) in [6.45, 7) is 3.96. The molecule has 1 aromatic heterocycles.